The van der Waals surface area contributed by atoms with Crippen LogP contribution in [0.1, 0.15) is 40.5 Å². The number of benzene rings is 1. The average Bonchev–Trinajstić information content (AvgIpc) is 2.76. The predicted molar refractivity (Wildman–Crippen MR) is 82.4 cm³/mol. The molecule has 1 heterocycles. The summed E-state index contributed by atoms with van der Waals surface area (Å²) in [5.41, 5.74) is 2.28. The first kappa shape index (κ1) is 13.9. The molecule has 0 unspecified atom stereocenters. The number of anilines is 1. The lowest BCUT2D eigenvalue weighted by Gasteiger charge is -2.23. The van der Waals surface area contributed by atoms with Crippen molar-refractivity contribution in [1.29, 1.82) is 0 Å². The van der Waals surface area contributed by atoms with Crippen molar-refractivity contribution in [2.24, 2.45) is 11.8 Å². The maximum atomic E-state index is 4.13. The Labute approximate surface area is 115 Å². The van der Waals surface area contributed by atoms with Gasteiger partial charge in [-0.25, -0.2) is 0 Å². The van der Waals surface area contributed by atoms with Crippen LogP contribution in [-0.4, -0.2) is 16.2 Å². The Balaban J connectivity index is 2.17. The van der Waals surface area contributed by atoms with Crippen LogP contribution in [0.4, 0.5) is 5.69 Å². The van der Waals surface area contributed by atoms with Crippen molar-refractivity contribution in [2.45, 2.75) is 46.6 Å². The van der Waals surface area contributed by atoms with Gasteiger partial charge in [0, 0.05) is 11.4 Å². The van der Waals surface area contributed by atoms with E-state index < -0.39 is 0 Å². The molecular formula is C16H25N3. The molecule has 104 valence electrons. The summed E-state index contributed by atoms with van der Waals surface area (Å²) >= 11 is 0. The van der Waals surface area contributed by atoms with E-state index in [1.165, 1.54) is 18.5 Å². The molecule has 2 aromatic rings. The van der Waals surface area contributed by atoms with Gasteiger partial charge >= 0.3 is 0 Å². The first-order chi connectivity index (χ1) is 9.06. The third kappa shape index (κ3) is 3.72. The largest absolute Gasteiger partial charge is 0.381 e. The quantitative estimate of drug-likeness (QED) is 0.805. The molecule has 0 spiro atoms. The van der Waals surface area contributed by atoms with E-state index in [0.717, 1.165) is 10.9 Å². The van der Waals surface area contributed by atoms with Gasteiger partial charge in [0.2, 0.25) is 0 Å². The predicted octanol–water partition coefficient (Wildman–Crippen LogP) is 4.44. The van der Waals surface area contributed by atoms with Gasteiger partial charge in [0.05, 0.1) is 17.4 Å². The molecule has 3 nitrogen and oxygen atoms in total. The van der Waals surface area contributed by atoms with Crippen molar-refractivity contribution in [2.75, 3.05) is 5.32 Å². The molecule has 0 saturated carbocycles. The van der Waals surface area contributed by atoms with Gasteiger partial charge in [0.1, 0.15) is 0 Å². The van der Waals surface area contributed by atoms with Crippen molar-refractivity contribution in [3.8, 4) is 0 Å². The highest BCUT2D eigenvalue weighted by Crippen LogP contribution is 2.24. The normalized spacial score (nSPS) is 11.9. The minimum Gasteiger partial charge on any atom is -0.381 e. The SMILES string of the molecule is CC(C)CC(CC(C)C)Nc1cccc2cn[nH]c12. The third-order valence-corrected chi connectivity index (χ3v) is 3.35. The molecule has 2 rings (SSSR count). The Morgan fingerprint density at radius 3 is 2.42 bits per heavy atom. The molecule has 0 aliphatic heterocycles. The highest BCUT2D eigenvalue weighted by molar-refractivity contribution is 5.89. The molecule has 1 aromatic carbocycles. The van der Waals surface area contributed by atoms with Gasteiger partial charge in [-0.2, -0.15) is 5.10 Å². The van der Waals surface area contributed by atoms with E-state index in [1.54, 1.807) is 0 Å². The van der Waals surface area contributed by atoms with Gasteiger partial charge in [0.15, 0.2) is 0 Å². The Morgan fingerprint density at radius 2 is 1.79 bits per heavy atom. The molecule has 0 saturated heterocycles. The number of aromatic amines is 1. The molecule has 19 heavy (non-hydrogen) atoms. The second kappa shape index (κ2) is 6.09. The van der Waals surface area contributed by atoms with E-state index in [1.807, 2.05) is 6.20 Å². The Kier molecular flexibility index (Phi) is 4.46. The van der Waals surface area contributed by atoms with E-state index in [2.05, 4.69) is 61.4 Å². The van der Waals surface area contributed by atoms with E-state index in [9.17, 15) is 0 Å². The number of nitrogens with one attached hydrogen (secondary N) is 2. The van der Waals surface area contributed by atoms with Crippen molar-refractivity contribution in [3.05, 3.63) is 24.4 Å². The molecule has 0 atom stereocenters. The highest BCUT2D eigenvalue weighted by atomic mass is 15.1. The van der Waals surface area contributed by atoms with Crippen molar-refractivity contribution in [3.63, 3.8) is 0 Å². The van der Waals surface area contributed by atoms with E-state index in [4.69, 9.17) is 0 Å². The van der Waals surface area contributed by atoms with Gasteiger partial charge in [-0.05, 0) is 30.7 Å². The minimum absolute atomic E-state index is 0.522. The van der Waals surface area contributed by atoms with E-state index in [0.29, 0.717) is 17.9 Å². The zero-order chi connectivity index (χ0) is 13.8. The maximum absolute atomic E-state index is 4.13. The number of aromatic nitrogens is 2. The first-order valence-corrected chi connectivity index (χ1v) is 7.25. The van der Waals surface area contributed by atoms with Gasteiger partial charge in [0.25, 0.3) is 0 Å². The van der Waals surface area contributed by atoms with Crippen LogP contribution in [0.15, 0.2) is 24.4 Å². The van der Waals surface area contributed by atoms with Crippen molar-refractivity contribution < 1.29 is 0 Å². The van der Waals surface area contributed by atoms with E-state index >= 15 is 0 Å². The summed E-state index contributed by atoms with van der Waals surface area (Å²) in [7, 11) is 0. The number of nitrogens with zero attached hydrogens (tertiary/aromatic N) is 1. The number of para-hydroxylation sites is 1. The number of H-pyrrole nitrogens is 1. The zero-order valence-electron chi connectivity index (χ0n) is 12.4. The average molecular weight is 259 g/mol. The summed E-state index contributed by atoms with van der Waals surface area (Å²) in [5.74, 6) is 1.41. The highest BCUT2D eigenvalue weighted by Gasteiger charge is 2.14. The lowest BCUT2D eigenvalue weighted by molar-refractivity contribution is 0.442. The van der Waals surface area contributed by atoms with Gasteiger partial charge in [-0.1, -0.05) is 39.8 Å². The van der Waals surface area contributed by atoms with E-state index in [-0.39, 0.29) is 0 Å². The molecule has 0 amide bonds. The molecule has 2 N–H and O–H groups in total. The fourth-order valence-corrected chi connectivity index (χ4v) is 2.66. The van der Waals surface area contributed by atoms with Crippen LogP contribution in [0.25, 0.3) is 10.9 Å². The standard InChI is InChI=1S/C16H25N3/c1-11(2)8-14(9-12(3)4)18-15-7-5-6-13-10-17-19-16(13)15/h5-7,10-12,14,18H,8-9H2,1-4H3,(H,17,19). The fraction of sp³-hybridized carbons (Fsp3) is 0.562. The summed E-state index contributed by atoms with van der Waals surface area (Å²) in [6.45, 7) is 9.13. The van der Waals surface area contributed by atoms with Crippen molar-refractivity contribution in [1.82, 2.24) is 10.2 Å². The molecule has 0 radical (unpaired) electrons. The minimum atomic E-state index is 0.522. The first-order valence-electron chi connectivity index (χ1n) is 7.25. The van der Waals surface area contributed by atoms with Crippen molar-refractivity contribution >= 4 is 16.6 Å². The smallest absolute Gasteiger partial charge is 0.0881 e. The summed E-state index contributed by atoms with van der Waals surface area (Å²) in [5, 5.41) is 12.1. The number of hydrogen-bond acceptors (Lipinski definition) is 2. The van der Waals surface area contributed by atoms with Crippen LogP contribution in [0.3, 0.4) is 0 Å². The maximum Gasteiger partial charge on any atom is 0.0881 e. The molecule has 0 aliphatic carbocycles. The van der Waals surface area contributed by atoms with Crippen LogP contribution in [-0.2, 0) is 0 Å². The monoisotopic (exact) mass is 259 g/mol. The Morgan fingerprint density at radius 1 is 1.11 bits per heavy atom. The summed E-state index contributed by atoms with van der Waals surface area (Å²) in [6.07, 6.45) is 4.27. The second-order valence-corrected chi connectivity index (χ2v) is 6.24. The summed E-state index contributed by atoms with van der Waals surface area (Å²) in [6, 6.07) is 6.83. The van der Waals surface area contributed by atoms with Crippen LogP contribution < -0.4 is 5.32 Å². The molecule has 0 aliphatic rings. The molecule has 1 aromatic heterocycles. The summed E-state index contributed by atoms with van der Waals surface area (Å²) in [4.78, 5) is 0. The van der Waals surface area contributed by atoms with Crippen LogP contribution in [0.2, 0.25) is 0 Å². The number of hydrogen-bond donors (Lipinski definition) is 2. The van der Waals surface area contributed by atoms with Gasteiger partial charge in [-0.3, -0.25) is 5.10 Å². The third-order valence-electron chi connectivity index (χ3n) is 3.35. The van der Waals surface area contributed by atoms with Crippen LogP contribution in [0.5, 0.6) is 0 Å². The second-order valence-electron chi connectivity index (χ2n) is 6.24. The van der Waals surface area contributed by atoms with Crippen LogP contribution >= 0.6 is 0 Å². The fourth-order valence-electron chi connectivity index (χ4n) is 2.66. The number of fused-ring (bicyclic) bond motifs is 1. The van der Waals surface area contributed by atoms with Gasteiger partial charge in [-0.15, -0.1) is 0 Å². The molecule has 0 bridgehead atoms. The Hall–Kier alpha value is -1.51. The lowest BCUT2D eigenvalue weighted by atomic mass is 9.95. The topological polar surface area (TPSA) is 40.7 Å². The molecule has 3 heteroatoms. The molecule has 0 fully saturated rings. The van der Waals surface area contributed by atoms with Gasteiger partial charge < -0.3 is 5.32 Å². The zero-order valence-corrected chi connectivity index (χ0v) is 12.4. The number of rotatable bonds is 6. The van der Waals surface area contributed by atoms with Crippen LogP contribution in [0, 0.1) is 11.8 Å². The lowest BCUT2D eigenvalue weighted by Crippen LogP contribution is -2.23. The summed E-state index contributed by atoms with van der Waals surface area (Å²) < 4.78 is 0. The molecular weight excluding hydrogens is 234 g/mol. The Bertz CT molecular complexity index is 503.